The van der Waals surface area contributed by atoms with Gasteiger partial charge in [0.25, 0.3) is 5.22 Å². The van der Waals surface area contributed by atoms with Gasteiger partial charge in [0.2, 0.25) is 5.91 Å². The van der Waals surface area contributed by atoms with Gasteiger partial charge in [-0.05, 0) is 13.3 Å². The molecule has 128 valence electrons. The van der Waals surface area contributed by atoms with E-state index in [-0.39, 0.29) is 11.2 Å². The Kier molecular flexibility index (Phi) is 5.56. The van der Waals surface area contributed by atoms with Crippen molar-refractivity contribution in [2.45, 2.75) is 23.8 Å². The maximum absolute atomic E-state index is 11.8. The fraction of sp³-hybridized carbons (Fsp3) is 0.200. The van der Waals surface area contributed by atoms with Crippen LogP contribution in [0.2, 0.25) is 0 Å². The van der Waals surface area contributed by atoms with Crippen LogP contribution in [-0.4, -0.2) is 23.2 Å². The molecule has 25 heavy (non-hydrogen) atoms. The number of aromatic nitrogens is 1. The summed E-state index contributed by atoms with van der Waals surface area (Å²) < 4.78 is 6.05. The minimum Gasteiger partial charge on any atom is -0.431 e. The van der Waals surface area contributed by atoms with E-state index in [9.17, 15) is 4.79 Å². The van der Waals surface area contributed by atoms with Crippen LogP contribution >= 0.6 is 11.8 Å². The first-order chi connectivity index (χ1) is 12.2. The molecule has 0 unspecified atom stereocenters. The molecule has 0 fully saturated rings. The van der Waals surface area contributed by atoms with Gasteiger partial charge in [-0.3, -0.25) is 4.79 Å². The smallest absolute Gasteiger partial charge is 0.257 e. The van der Waals surface area contributed by atoms with Gasteiger partial charge in [-0.2, -0.15) is 0 Å². The fourth-order valence-electron chi connectivity index (χ4n) is 2.48. The SMILES string of the molecule is CNC(=O)[C@H](C)Sc1nc(-c2ccccc2)c(C2=CC=CCC=C2)o1. The number of carbonyl (C=O) groups is 1. The number of benzene rings is 1. The summed E-state index contributed by atoms with van der Waals surface area (Å²) in [4.78, 5) is 16.5. The molecule has 3 rings (SSSR count). The van der Waals surface area contributed by atoms with Crippen LogP contribution < -0.4 is 5.32 Å². The lowest BCUT2D eigenvalue weighted by atomic mass is 10.1. The van der Waals surface area contributed by atoms with Gasteiger partial charge >= 0.3 is 0 Å². The highest BCUT2D eigenvalue weighted by atomic mass is 32.2. The minimum absolute atomic E-state index is 0.0532. The van der Waals surface area contributed by atoms with E-state index in [0.717, 1.165) is 29.0 Å². The van der Waals surface area contributed by atoms with E-state index >= 15 is 0 Å². The number of allylic oxidation sites excluding steroid dienone is 6. The molecule has 1 aromatic carbocycles. The molecular weight excluding hydrogens is 332 g/mol. The van der Waals surface area contributed by atoms with Crippen LogP contribution in [0, 0.1) is 0 Å². The fourth-order valence-corrected chi connectivity index (χ4v) is 3.28. The second-order valence-corrected chi connectivity index (χ2v) is 6.88. The number of hydrogen-bond acceptors (Lipinski definition) is 4. The van der Waals surface area contributed by atoms with Crippen LogP contribution in [-0.2, 0) is 4.79 Å². The number of thioether (sulfide) groups is 1. The number of nitrogens with one attached hydrogen (secondary N) is 1. The predicted molar refractivity (Wildman–Crippen MR) is 102 cm³/mol. The third-order valence-corrected chi connectivity index (χ3v) is 4.74. The number of hydrogen-bond donors (Lipinski definition) is 1. The Morgan fingerprint density at radius 2 is 2.08 bits per heavy atom. The van der Waals surface area contributed by atoms with Gasteiger partial charge in [0.1, 0.15) is 5.69 Å². The lowest BCUT2D eigenvalue weighted by Crippen LogP contribution is -2.27. The van der Waals surface area contributed by atoms with Crippen LogP contribution in [0.25, 0.3) is 16.8 Å². The van der Waals surface area contributed by atoms with Crippen molar-refractivity contribution in [1.82, 2.24) is 10.3 Å². The summed E-state index contributed by atoms with van der Waals surface area (Å²) in [5.74, 6) is 0.670. The van der Waals surface area contributed by atoms with E-state index in [2.05, 4.69) is 22.5 Å². The molecule has 1 amide bonds. The quantitative estimate of drug-likeness (QED) is 0.807. The number of amides is 1. The van der Waals surface area contributed by atoms with Crippen LogP contribution in [0.4, 0.5) is 0 Å². The Labute approximate surface area is 151 Å². The van der Waals surface area contributed by atoms with Gasteiger partial charge in [0.05, 0.1) is 5.25 Å². The summed E-state index contributed by atoms with van der Waals surface area (Å²) in [5, 5.41) is 2.86. The molecule has 4 nitrogen and oxygen atoms in total. The molecule has 1 N–H and O–H groups in total. The maximum atomic E-state index is 11.8. The zero-order valence-corrected chi connectivity index (χ0v) is 15.0. The summed E-state index contributed by atoms with van der Waals surface area (Å²) in [6, 6.07) is 9.94. The molecule has 1 atom stereocenters. The maximum Gasteiger partial charge on any atom is 0.257 e. The summed E-state index contributed by atoms with van der Waals surface area (Å²) in [6.45, 7) is 1.84. The second-order valence-electron chi connectivity index (χ2n) is 5.59. The Morgan fingerprint density at radius 3 is 2.84 bits per heavy atom. The average molecular weight is 352 g/mol. The molecule has 1 aliphatic rings. The van der Waals surface area contributed by atoms with Crippen molar-refractivity contribution >= 4 is 23.2 Å². The summed E-state index contributed by atoms with van der Waals surface area (Å²) in [7, 11) is 1.63. The molecule has 0 saturated heterocycles. The number of rotatable bonds is 5. The van der Waals surface area contributed by atoms with Crippen molar-refractivity contribution in [2.24, 2.45) is 0 Å². The highest BCUT2D eigenvalue weighted by Crippen LogP contribution is 2.35. The van der Waals surface area contributed by atoms with Crippen LogP contribution in [0.5, 0.6) is 0 Å². The predicted octanol–water partition coefficient (Wildman–Crippen LogP) is 4.47. The molecule has 1 heterocycles. The zero-order valence-electron chi connectivity index (χ0n) is 14.2. The van der Waals surface area contributed by atoms with Gasteiger partial charge in [0.15, 0.2) is 5.76 Å². The lowest BCUT2D eigenvalue weighted by molar-refractivity contribution is -0.119. The first kappa shape index (κ1) is 17.3. The summed E-state index contributed by atoms with van der Waals surface area (Å²) in [5.41, 5.74) is 2.75. The third-order valence-electron chi connectivity index (χ3n) is 3.79. The van der Waals surface area contributed by atoms with Crippen molar-refractivity contribution in [3.8, 4) is 11.3 Å². The summed E-state index contributed by atoms with van der Waals surface area (Å²) in [6.07, 6.45) is 11.2. The molecule has 1 aliphatic carbocycles. The van der Waals surface area contributed by atoms with Gasteiger partial charge in [-0.25, -0.2) is 4.98 Å². The van der Waals surface area contributed by atoms with Crippen molar-refractivity contribution in [2.75, 3.05) is 7.05 Å². The lowest BCUT2D eigenvalue weighted by Gasteiger charge is -2.05. The molecule has 1 aromatic heterocycles. The van der Waals surface area contributed by atoms with E-state index in [1.807, 2.05) is 55.5 Å². The second kappa shape index (κ2) is 8.03. The Hall–Kier alpha value is -2.53. The van der Waals surface area contributed by atoms with Gasteiger partial charge in [0, 0.05) is 18.2 Å². The largest absolute Gasteiger partial charge is 0.431 e. The Bertz CT molecular complexity index is 835. The highest BCUT2D eigenvalue weighted by Gasteiger charge is 2.21. The molecule has 2 aromatic rings. The molecular formula is C20H20N2O2S. The Morgan fingerprint density at radius 1 is 1.28 bits per heavy atom. The van der Waals surface area contributed by atoms with E-state index in [1.165, 1.54) is 11.8 Å². The van der Waals surface area contributed by atoms with Crippen LogP contribution in [0.15, 0.2) is 70.4 Å². The number of oxazole rings is 1. The molecule has 0 saturated carbocycles. The number of nitrogens with zero attached hydrogens (tertiary/aromatic N) is 1. The Balaban J connectivity index is 2.01. The van der Waals surface area contributed by atoms with Crippen molar-refractivity contribution in [3.05, 3.63) is 66.5 Å². The zero-order chi connectivity index (χ0) is 17.6. The normalized spacial score (nSPS) is 14.7. The van der Waals surface area contributed by atoms with Gasteiger partial charge < -0.3 is 9.73 Å². The molecule has 0 aliphatic heterocycles. The number of carbonyl (C=O) groups excluding carboxylic acids is 1. The van der Waals surface area contributed by atoms with E-state index in [1.54, 1.807) is 7.05 Å². The van der Waals surface area contributed by atoms with Crippen molar-refractivity contribution in [1.29, 1.82) is 0 Å². The minimum atomic E-state index is -0.279. The highest BCUT2D eigenvalue weighted by molar-refractivity contribution is 8.00. The van der Waals surface area contributed by atoms with Crippen LogP contribution in [0.1, 0.15) is 19.1 Å². The van der Waals surface area contributed by atoms with Crippen molar-refractivity contribution < 1.29 is 9.21 Å². The first-order valence-electron chi connectivity index (χ1n) is 8.17. The van der Waals surface area contributed by atoms with Gasteiger partial charge in [-0.1, -0.05) is 72.5 Å². The van der Waals surface area contributed by atoms with E-state index < -0.39 is 0 Å². The van der Waals surface area contributed by atoms with E-state index in [4.69, 9.17) is 4.42 Å². The van der Waals surface area contributed by atoms with Crippen molar-refractivity contribution in [3.63, 3.8) is 0 Å². The topological polar surface area (TPSA) is 55.1 Å². The monoisotopic (exact) mass is 352 g/mol. The van der Waals surface area contributed by atoms with Crippen LogP contribution in [0.3, 0.4) is 0 Å². The van der Waals surface area contributed by atoms with Gasteiger partial charge in [-0.15, -0.1) is 0 Å². The molecule has 5 heteroatoms. The average Bonchev–Trinajstić information content (AvgIpc) is 2.87. The third kappa shape index (κ3) is 4.12. The molecule has 0 spiro atoms. The molecule has 0 radical (unpaired) electrons. The van der Waals surface area contributed by atoms with E-state index in [0.29, 0.717) is 5.22 Å². The summed E-state index contributed by atoms with van der Waals surface area (Å²) >= 11 is 1.32. The first-order valence-corrected chi connectivity index (χ1v) is 9.05. The molecule has 0 bridgehead atoms. The standard InChI is InChI=1S/C20H20N2O2S/c1-14(19(23)21-2)25-20-22-17(15-10-8-5-9-11-15)18(24-20)16-12-6-3-4-7-13-16/h3,5-14H,4H2,1-2H3,(H,21,23)/t14-/m0/s1.